The number of carbonyl (C=O) groups excluding carboxylic acids is 2. The lowest BCUT2D eigenvalue weighted by molar-refractivity contribution is -0.386. The van der Waals surface area contributed by atoms with Gasteiger partial charge in [0.1, 0.15) is 5.70 Å². The number of amides is 2. The summed E-state index contributed by atoms with van der Waals surface area (Å²) in [5, 5.41) is 29.2. The molecule has 0 atom stereocenters. The molecule has 33 heavy (non-hydrogen) atoms. The quantitative estimate of drug-likeness (QED) is 0.201. The van der Waals surface area contributed by atoms with Crippen molar-refractivity contribution in [3.63, 3.8) is 0 Å². The fourth-order valence-electron chi connectivity index (χ4n) is 2.67. The van der Waals surface area contributed by atoms with E-state index in [1.165, 1.54) is 30.6 Å². The van der Waals surface area contributed by atoms with Crippen molar-refractivity contribution in [2.24, 2.45) is 5.10 Å². The zero-order valence-electron chi connectivity index (χ0n) is 17.2. The second-order valence-electron chi connectivity index (χ2n) is 6.44. The topological polar surface area (TPSA) is 143 Å². The molecule has 10 nitrogen and oxygen atoms in total. The van der Waals surface area contributed by atoms with Gasteiger partial charge in [-0.15, -0.1) is 11.3 Å². The molecule has 0 spiro atoms. The van der Waals surface area contributed by atoms with E-state index < -0.39 is 28.2 Å². The van der Waals surface area contributed by atoms with E-state index in [0.29, 0.717) is 5.56 Å². The number of hydrogen-bond acceptors (Lipinski definition) is 8. The molecule has 0 saturated heterocycles. The molecule has 3 aromatic rings. The number of carbonyl (C=O) groups is 2. The third-order valence-corrected chi connectivity index (χ3v) is 5.05. The normalized spacial score (nSPS) is 11.2. The Bertz CT molecular complexity index is 1220. The average Bonchev–Trinajstić information content (AvgIpc) is 3.33. The molecule has 3 N–H and O–H groups in total. The van der Waals surface area contributed by atoms with Gasteiger partial charge in [-0.3, -0.25) is 19.7 Å². The van der Waals surface area contributed by atoms with Crippen LogP contribution < -0.4 is 15.5 Å². The lowest BCUT2D eigenvalue weighted by Crippen LogP contribution is -2.32. The Hall–Kier alpha value is -4.51. The number of ether oxygens (including phenoxy) is 1. The molecule has 0 aliphatic heterocycles. The van der Waals surface area contributed by atoms with E-state index in [-0.39, 0.29) is 17.0 Å². The van der Waals surface area contributed by atoms with Crippen molar-refractivity contribution in [2.45, 2.75) is 0 Å². The van der Waals surface area contributed by atoms with Crippen LogP contribution >= 0.6 is 11.3 Å². The van der Waals surface area contributed by atoms with Crippen LogP contribution in [0.5, 0.6) is 11.5 Å². The van der Waals surface area contributed by atoms with Crippen molar-refractivity contribution >= 4 is 41.1 Å². The number of rotatable bonds is 8. The Morgan fingerprint density at radius 3 is 2.58 bits per heavy atom. The highest BCUT2D eigenvalue weighted by molar-refractivity contribution is 7.10. The predicted molar refractivity (Wildman–Crippen MR) is 123 cm³/mol. The predicted octanol–water partition coefficient (Wildman–Crippen LogP) is 3.29. The van der Waals surface area contributed by atoms with Gasteiger partial charge in [0.25, 0.3) is 11.8 Å². The first-order valence-corrected chi connectivity index (χ1v) is 10.3. The molecule has 2 amide bonds. The second-order valence-corrected chi connectivity index (χ2v) is 7.42. The molecular formula is C22H18N4O6S. The highest BCUT2D eigenvalue weighted by Crippen LogP contribution is 2.36. The first kappa shape index (κ1) is 23.2. The molecule has 1 aromatic heterocycles. The van der Waals surface area contributed by atoms with Gasteiger partial charge in [-0.25, -0.2) is 5.43 Å². The van der Waals surface area contributed by atoms with E-state index in [0.717, 1.165) is 17.2 Å². The van der Waals surface area contributed by atoms with E-state index in [2.05, 4.69) is 15.8 Å². The molecule has 0 saturated carbocycles. The van der Waals surface area contributed by atoms with Gasteiger partial charge in [-0.2, -0.15) is 5.10 Å². The summed E-state index contributed by atoms with van der Waals surface area (Å²) in [6.45, 7) is 0. The maximum Gasteiger partial charge on any atom is 0.315 e. The molecule has 0 radical (unpaired) electrons. The van der Waals surface area contributed by atoms with Crippen LogP contribution in [0.25, 0.3) is 6.08 Å². The minimum atomic E-state index is -0.769. The molecule has 168 valence electrons. The standard InChI is InChI=1S/C22H18N4O6S/c1-32-19-11-14(10-18(20(19)27)26(30)31)13-23-25-22(29)17(12-16-8-5-9-33-16)24-21(28)15-6-3-2-4-7-15/h2-13,27H,1H3,(H,24,28)(H,25,29)/b17-12-,23-13-. The van der Waals surface area contributed by atoms with Crippen LogP contribution in [0.3, 0.4) is 0 Å². The molecule has 1 heterocycles. The van der Waals surface area contributed by atoms with Crippen molar-refractivity contribution < 1.29 is 24.4 Å². The number of benzene rings is 2. The number of nitro benzene ring substituents is 1. The smallest absolute Gasteiger partial charge is 0.315 e. The van der Waals surface area contributed by atoms with Gasteiger partial charge < -0.3 is 15.2 Å². The molecule has 0 aliphatic rings. The summed E-state index contributed by atoms with van der Waals surface area (Å²) in [6.07, 6.45) is 2.65. The number of nitro groups is 1. The molecule has 0 fully saturated rings. The fourth-order valence-corrected chi connectivity index (χ4v) is 3.32. The zero-order chi connectivity index (χ0) is 23.8. The van der Waals surface area contributed by atoms with E-state index in [1.807, 2.05) is 5.38 Å². The van der Waals surface area contributed by atoms with Gasteiger partial charge in [-0.05, 0) is 35.7 Å². The van der Waals surface area contributed by atoms with Crippen LogP contribution in [0, 0.1) is 10.1 Å². The molecule has 3 rings (SSSR count). The molecule has 11 heteroatoms. The molecular weight excluding hydrogens is 448 g/mol. The number of phenolic OH excluding ortho intramolecular Hbond substituents is 1. The maximum absolute atomic E-state index is 12.7. The Balaban J connectivity index is 1.80. The Labute approximate surface area is 192 Å². The third kappa shape index (κ3) is 6.02. The van der Waals surface area contributed by atoms with Crippen LogP contribution in [0.2, 0.25) is 0 Å². The Kier molecular flexibility index (Phi) is 7.50. The second kappa shape index (κ2) is 10.7. The summed E-state index contributed by atoms with van der Waals surface area (Å²) in [6, 6.07) is 14.4. The third-order valence-electron chi connectivity index (χ3n) is 4.23. The van der Waals surface area contributed by atoms with Crippen molar-refractivity contribution in [3.8, 4) is 11.5 Å². The number of hydrogen-bond donors (Lipinski definition) is 3. The Morgan fingerprint density at radius 1 is 1.18 bits per heavy atom. The summed E-state index contributed by atoms with van der Waals surface area (Å²) in [5.41, 5.74) is 2.24. The van der Waals surface area contributed by atoms with E-state index >= 15 is 0 Å². The summed E-state index contributed by atoms with van der Waals surface area (Å²) in [7, 11) is 1.25. The minimum Gasteiger partial charge on any atom is -0.500 e. The average molecular weight is 466 g/mol. The lowest BCUT2D eigenvalue weighted by atomic mass is 10.2. The minimum absolute atomic E-state index is 0.0438. The monoisotopic (exact) mass is 466 g/mol. The number of aromatic hydroxyl groups is 1. The van der Waals surface area contributed by atoms with Crippen molar-refractivity contribution in [3.05, 3.63) is 91.8 Å². The molecule has 0 bridgehead atoms. The number of thiophene rings is 1. The largest absolute Gasteiger partial charge is 0.500 e. The van der Waals surface area contributed by atoms with E-state index in [9.17, 15) is 24.8 Å². The summed E-state index contributed by atoms with van der Waals surface area (Å²) in [4.78, 5) is 36.3. The molecule has 0 aliphatic carbocycles. The molecule has 2 aromatic carbocycles. The number of methoxy groups -OCH3 is 1. The number of phenols is 1. The van der Waals surface area contributed by atoms with Crippen molar-refractivity contribution in [1.29, 1.82) is 0 Å². The first-order valence-electron chi connectivity index (χ1n) is 9.39. The molecule has 0 unspecified atom stereocenters. The van der Waals surface area contributed by atoms with Gasteiger partial charge in [0.05, 0.1) is 18.2 Å². The highest BCUT2D eigenvalue weighted by atomic mass is 32.1. The van der Waals surface area contributed by atoms with Crippen LogP contribution in [0.1, 0.15) is 20.8 Å². The fraction of sp³-hybridized carbons (Fsp3) is 0.0455. The maximum atomic E-state index is 12.7. The van der Waals surface area contributed by atoms with Crippen LogP contribution in [-0.2, 0) is 4.79 Å². The van der Waals surface area contributed by atoms with Gasteiger partial charge in [0, 0.05) is 22.1 Å². The number of hydrazone groups is 1. The first-order chi connectivity index (χ1) is 15.9. The van der Waals surface area contributed by atoms with Crippen molar-refractivity contribution in [2.75, 3.05) is 7.11 Å². The van der Waals surface area contributed by atoms with Crippen LogP contribution in [0.4, 0.5) is 5.69 Å². The number of nitrogens with zero attached hydrogens (tertiary/aromatic N) is 2. The van der Waals surface area contributed by atoms with Crippen molar-refractivity contribution in [1.82, 2.24) is 10.7 Å². The van der Waals surface area contributed by atoms with E-state index in [1.54, 1.807) is 42.5 Å². The highest BCUT2D eigenvalue weighted by Gasteiger charge is 2.19. The number of nitrogens with one attached hydrogen (secondary N) is 2. The summed E-state index contributed by atoms with van der Waals surface area (Å²) < 4.78 is 4.93. The summed E-state index contributed by atoms with van der Waals surface area (Å²) >= 11 is 1.37. The summed E-state index contributed by atoms with van der Waals surface area (Å²) in [5.74, 6) is -1.92. The van der Waals surface area contributed by atoms with Gasteiger partial charge in [0.2, 0.25) is 5.75 Å². The lowest BCUT2D eigenvalue weighted by Gasteiger charge is -2.09. The van der Waals surface area contributed by atoms with Crippen LogP contribution in [0.15, 0.2) is 70.8 Å². The Morgan fingerprint density at radius 2 is 1.94 bits per heavy atom. The van der Waals surface area contributed by atoms with E-state index in [4.69, 9.17) is 4.74 Å². The van der Waals surface area contributed by atoms with Gasteiger partial charge in [0.15, 0.2) is 5.75 Å². The zero-order valence-corrected chi connectivity index (χ0v) is 18.0. The SMILES string of the molecule is COc1cc(/C=N\NC(=O)/C(=C/c2cccs2)NC(=O)c2ccccc2)cc([N+](=O)[O-])c1O. The van der Waals surface area contributed by atoms with Gasteiger partial charge >= 0.3 is 5.69 Å². The van der Waals surface area contributed by atoms with Gasteiger partial charge in [-0.1, -0.05) is 24.3 Å². The van der Waals surface area contributed by atoms with Crippen LogP contribution in [-0.4, -0.2) is 35.2 Å².